The topological polar surface area (TPSA) is 71.3 Å². The van der Waals surface area contributed by atoms with Crippen molar-refractivity contribution in [3.8, 4) is 27.8 Å². The number of nitrogens with zero attached hydrogens (tertiary/aromatic N) is 4. The molecule has 1 aliphatic heterocycles. The summed E-state index contributed by atoms with van der Waals surface area (Å²) in [5.74, 6) is 3.67. The summed E-state index contributed by atoms with van der Waals surface area (Å²) in [5.41, 5.74) is 2.95. The second-order valence-corrected chi connectivity index (χ2v) is 9.71. The van der Waals surface area contributed by atoms with Gasteiger partial charge in [0.1, 0.15) is 17.4 Å². The van der Waals surface area contributed by atoms with Gasteiger partial charge >= 0.3 is 0 Å². The number of aryl methyl sites for hydroxylation is 1. The van der Waals surface area contributed by atoms with E-state index in [0.717, 1.165) is 50.1 Å². The van der Waals surface area contributed by atoms with Crippen LogP contribution in [-0.4, -0.2) is 26.5 Å². The number of rotatable bonds is 9. The summed E-state index contributed by atoms with van der Waals surface area (Å²) in [6, 6.07) is 11.5. The largest absolute Gasteiger partial charge is 0.486 e. The van der Waals surface area contributed by atoms with Crippen molar-refractivity contribution in [3.05, 3.63) is 76.5 Å². The number of thioether (sulfide) groups is 1. The molecule has 0 atom stereocenters. The van der Waals surface area contributed by atoms with E-state index in [1.54, 1.807) is 23.1 Å². The third-order valence-electron chi connectivity index (χ3n) is 5.12. The maximum Gasteiger partial charge on any atom is 0.231 e. The second-order valence-electron chi connectivity index (χ2n) is 7.50. The highest BCUT2D eigenvalue weighted by atomic mass is 35.5. The van der Waals surface area contributed by atoms with Gasteiger partial charge in [-0.05, 0) is 48.9 Å². The molecule has 0 bridgehead atoms. The van der Waals surface area contributed by atoms with Gasteiger partial charge in [0.25, 0.3) is 0 Å². The van der Waals surface area contributed by atoms with E-state index in [1.165, 1.54) is 0 Å². The lowest BCUT2D eigenvalue weighted by Gasteiger charge is -2.09. The second kappa shape index (κ2) is 10.1. The van der Waals surface area contributed by atoms with Gasteiger partial charge in [-0.1, -0.05) is 29.4 Å². The lowest BCUT2D eigenvalue weighted by atomic mass is 10.2. The molecule has 5 rings (SSSR count). The van der Waals surface area contributed by atoms with Crippen molar-refractivity contribution in [2.75, 3.05) is 6.79 Å². The molecular weight excluding hydrogens is 492 g/mol. The lowest BCUT2D eigenvalue weighted by Crippen LogP contribution is -2.07. The van der Waals surface area contributed by atoms with Crippen LogP contribution in [0.1, 0.15) is 17.1 Å². The number of ether oxygens (including phenoxy) is 3. The Morgan fingerprint density at radius 1 is 1.21 bits per heavy atom. The summed E-state index contributed by atoms with van der Waals surface area (Å²) < 4.78 is 18.8. The molecule has 0 radical (unpaired) electrons. The van der Waals surface area contributed by atoms with E-state index in [1.807, 2.05) is 54.0 Å². The molecule has 0 saturated heterocycles. The summed E-state index contributed by atoms with van der Waals surface area (Å²) in [6.07, 6.45) is 1.82. The van der Waals surface area contributed by atoms with Crippen LogP contribution in [0, 0.1) is 6.92 Å². The molecule has 10 heteroatoms. The molecule has 0 aliphatic carbocycles. The number of allylic oxidation sites excluding steroid dienone is 1. The molecule has 0 spiro atoms. The summed E-state index contributed by atoms with van der Waals surface area (Å²) in [4.78, 5) is 4.78. The molecule has 0 amide bonds. The fourth-order valence-corrected chi connectivity index (χ4v) is 5.27. The molecule has 7 nitrogen and oxygen atoms in total. The molecule has 0 fully saturated rings. The van der Waals surface area contributed by atoms with Crippen LogP contribution in [0.25, 0.3) is 10.6 Å². The number of fused-ring (bicyclic) bond motifs is 1. The zero-order valence-corrected chi connectivity index (χ0v) is 20.8. The Balaban J connectivity index is 1.25. The predicted octanol–water partition coefficient (Wildman–Crippen LogP) is 6.15. The normalized spacial score (nSPS) is 12.2. The number of hydrogen-bond donors (Lipinski definition) is 0. The Hall–Kier alpha value is -3.01. The molecule has 174 valence electrons. The third kappa shape index (κ3) is 4.91. The number of hydrogen-bond acceptors (Lipinski definition) is 8. The standard InChI is InChI=1S/C24H21ClN4O3S2/c1-3-8-29-22(11-30-18-5-6-19(25)15(2)9-18)27-28-24(29)34-13-17-12-33-23(26-17)16-4-7-20-21(10-16)32-14-31-20/h3-7,9-10,12H,1,8,11,13-14H2,2H3. The molecule has 4 aromatic rings. The Kier molecular flexibility index (Phi) is 6.75. The maximum absolute atomic E-state index is 6.10. The van der Waals surface area contributed by atoms with Gasteiger partial charge in [-0.25, -0.2) is 4.98 Å². The van der Waals surface area contributed by atoms with E-state index in [0.29, 0.717) is 23.9 Å². The van der Waals surface area contributed by atoms with Crippen LogP contribution in [0.4, 0.5) is 0 Å². The zero-order chi connectivity index (χ0) is 23.5. The first-order valence-electron chi connectivity index (χ1n) is 10.5. The first-order valence-corrected chi connectivity index (χ1v) is 12.7. The van der Waals surface area contributed by atoms with Gasteiger partial charge in [-0.15, -0.1) is 28.1 Å². The summed E-state index contributed by atoms with van der Waals surface area (Å²) in [6.45, 7) is 6.96. The highest BCUT2D eigenvalue weighted by Crippen LogP contribution is 2.37. The van der Waals surface area contributed by atoms with Crippen molar-refractivity contribution >= 4 is 34.7 Å². The van der Waals surface area contributed by atoms with Crippen LogP contribution in [0.5, 0.6) is 17.2 Å². The van der Waals surface area contributed by atoms with Gasteiger partial charge in [-0.2, -0.15) is 0 Å². The number of benzene rings is 2. The Morgan fingerprint density at radius 2 is 2.09 bits per heavy atom. The smallest absolute Gasteiger partial charge is 0.231 e. The Morgan fingerprint density at radius 3 is 2.94 bits per heavy atom. The van der Waals surface area contributed by atoms with Crippen molar-refractivity contribution in [2.45, 2.75) is 31.0 Å². The molecule has 2 aromatic heterocycles. The maximum atomic E-state index is 6.10. The average molecular weight is 513 g/mol. The van der Waals surface area contributed by atoms with Crippen LogP contribution >= 0.6 is 34.7 Å². The molecule has 1 aliphatic rings. The predicted molar refractivity (Wildman–Crippen MR) is 134 cm³/mol. The van der Waals surface area contributed by atoms with Crippen molar-refractivity contribution < 1.29 is 14.2 Å². The molecule has 0 saturated carbocycles. The Labute approximate surface area is 210 Å². The van der Waals surface area contributed by atoms with Crippen LogP contribution in [0.3, 0.4) is 0 Å². The molecule has 2 aromatic carbocycles. The van der Waals surface area contributed by atoms with E-state index >= 15 is 0 Å². The molecule has 34 heavy (non-hydrogen) atoms. The average Bonchev–Trinajstić information content (AvgIpc) is 3.58. The van der Waals surface area contributed by atoms with E-state index in [9.17, 15) is 0 Å². The van der Waals surface area contributed by atoms with E-state index in [2.05, 4.69) is 22.2 Å². The summed E-state index contributed by atoms with van der Waals surface area (Å²) >= 11 is 9.29. The first-order chi connectivity index (χ1) is 16.6. The SMILES string of the molecule is C=CCn1c(COc2ccc(Cl)c(C)c2)nnc1SCc1csc(-c2ccc3c(c2)OCO3)n1. The van der Waals surface area contributed by atoms with Crippen LogP contribution in [-0.2, 0) is 18.9 Å². The first kappa shape index (κ1) is 22.8. The van der Waals surface area contributed by atoms with Crippen molar-refractivity contribution in [1.29, 1.82) is 0 Å². The summed E-state index contributed by atoms with van der Waals surface area (Å²) in [5, 5.41) is 13.2. The lowest BCUT2D eigenvalue weighted by molar-refractivity contribution is 0.174. The van der Waals surface area contributed by atoms with Crippen LogP contribution < -0.4 is 14.2 Å². The monoisotopic (exact) mass is 512 g/mol. The van der Waals surface area contributed by atoms with E-state index in [-0.39, 0.29) is 6.79 Å². The number of thiazole rings is 1. The quantitative estimate of drug-likeness (QED) is 0.197. The molecule has 3 heterocycles. The number of halogens is 1. The fraction of sp³-hybridized carbons (Fsp3) is 0.208. The van der Waals surface area contributed by atoms with Gasteiger partial charge in [-0.3, -0.25) is 4.57 Å². The van der Waals surface area contributed by atoms with Crippen molar-refractivity contribution in [1.82, 2.24) is 19.7 Å². The van der Waals surface area contributed by atoms with Crippen LogP contribution in [0.2, 0.25) is 5.02 Å². The van der Waals surface area contributed by atoms with Gasteiger partial charge < -0.3 is 14.2 Å². The van der Waals surface area contributed by atoms with Gasteiger partial charge in [0, 0.05) is 28.3 Å². The van der Waals surface area contributed by atoms with Gasteiger partial charge in [0.05, 0.1) is 5.69 Å². The summed E-state index contributed by atoms with van der Waals surface area (Å²) in [7, 11) is 0. The zero-order valence-electron chi connectivity index (χ0n) is 18.4. The highest BCUT2D eigenvalue weighted by Gasteiger charge is 2.17. The van der Waals surface area contributed by atoms with Crippen molar-refractivity contribution in [3.63, 3.8) is 0 Å². The highest BCUT2D eigenvalue weighted by molar-refractivity contribution is 7.98. The molecule has 0 N–H and O–H groups in total. The van der Waals surface area contributed by atoms with Gasteiger partial charge in [0.15, 0.2) is 22.5 Å². The minimum atomic E-state index is 0.260. The fourth-order valence-electron chi connectivity index (χ4n) is 3.37. The van der Waals surface area contributed by atoms with Crippen molar-refractivity contribution in [2.24, 2.45) is 0 Å². The number of aromatic nitrogens is 4. The molecule has 0 unspecified atom stereocenters. The Bertz CT molecular complexity index is 1340. The minimum Gasteiger partial charge on any atom is -0.486 e. The molecular formula is C24H21ClN4O3S2. The van der Waals surface area contributed by atoms with Crippen LogP contribution in [0.15, 0.2) is 59.6 Å². The van der Waals surface area contributed by atoms with Gasteiger partial charge in [0.2, 0.25) is 6.79 Å². The third-order valence-corrected chi connectivity index (χ3v) is 7.49. The van der Waals surface area contributed by atoms with E-state index in [4.69, 9.17) is 30.8 Å². The van der Waals surface area contributed by atoms with E-state index < -0.39 is 0 Å². The minimum absolute atomic E-state index is 0.260.